The number of rotatable bonds is 7. The Bertz CT molecular complexity index is 314. The molecule has 92 valence electrons. The molecule has 0 aliphatic carbocycles. The van der Waals surface area contributed by atoms with Gasteiger partial charge in [-0.2, -0.15) is 0 Å². The summed E-state index contributed by atoms with van der Waals surface area (Å²) in [6.07, 6.45) is 0. The highest BCUT2D eigenvalue weighted by Gasteiger charge is 2.11. The number of aryl methyl sites for hydroxylation is 2. The number of aromatic nitrogens is 1. The molecule has 0 amide bonds. The number of nitrogens with two attached hydrogens (primary N) is 1. The van der Waals surface area contributed by atoms with Crippen LogP contribution in [0.2, 0.25) is 0 Å². The van der Waals surface area contributed by atoms with E-state index >= 15 is 0 Å². The van der Waals surface area contributed by atoms with Gasteiger partial charge in [0.05, 0.1) is 23.9 Å². The number of thiazole rings is 1. The van der Waals surface area contributed by atoms with Crippen molar-refractivity contribution in [2.45, 2.75) is 26.8 Å². The molecule has 0 saturated carbocycles. The second kappa shape index (κ2) is 6.96. The minimum Gasteiger partial charge on any atom is -0.379 e. The van der Waals surface area contributed by atoms with Gasteiger partial charge in [-0.15, -0.1) is 11.3 Å². The minimum absolute atomic E-state index is 0.340. The molecule has 1 atom stereocenters. The molecule has 4 nitrogen and oxygen atoms in total. The highest BCUT2D eigenvalue weighted by atomic mass is 32.1. The van der Waals surface area contributed by atoms with Gasteiger partial charge in [-0.1, -0.05) is 0 Å². The van der Waals surface area contributed by atoms with Crippen molar-refractivity contribution in [3.05, 3.63) is 15.6 Å². The van der Waals surface area contributed by atoms with Crippen LogP contribution in [0.15, 0.2) is 0 Å². The van der Waals surface area contributed by atoms with E-state index in [1.165, 1.54) is 4.88 Å². The monoisotopic (exact) mass is 243 g/mol. The van der Waals surface area contributed by atoms with Gasteiger partial charge in [-0.3, -0.25) is 0 Å². The molecule has 1 rings (SSSR count). The van der Waals surface area contributed by atoms with Gasteiger partial charge < -0.3 is 15.8 Å². The number of hydrogen-bond donors (Lipinski definition) is 2. The first-order valence-corrected chi connectivity index (χ1v) is 6.42. The Kier molecular flexibility index (Phi) is 5.90. The summed E-state index contributed by atoms with van der Waals surface area (Å²) in [5, 5.41) is 4.54. The van der Waals surface area contributed by atoms with Crippen LogP contribution >= 0.6 is 11.3 Å². The molecule has 1 aromatic rings. The fourth-order valence-corrected chi connectivity index (χ4v) is 2.53. The molecule has 1 aromatic heterocycles. The zero-order valence-corrected chi connectivity index (χ0v) is 11.1. The summed E-state index contributed by atoms with van der Waals surface area (Å²) in [5.74, 6) is 0. The van der Waals surface area contributed by atoms with Gasteiger partial charge in [0.2, 0.25) is 0 Å². The summed E-state index contributed by atoms with van der Waals surface area (Å²) in [5.41, 5.74) is 6.46. The van der Waals surface area contributed by atoms with Crippen molar-refractivity contribution >= 4 is 11.3 Å². The Labute approximate surface area is 101 Å². The second-order valence-corrected chi connectivity index (χ2v) is 4.99. The van der Waals surface area contributed by atoms with Crippen molar-refractivity contribution in [1.82, 2.24) is 10.3 Å². The predicted molar refractivity (Wildman–Crippen MR) is 67.9 cm³/mol. The zero-order valence-electron chi connectivity index (χ0n) is 10.2. The van der Waals surface area contributed by atoms with Gasteiger partial charge in [-0.05, 0) is 20.8 Å². The van der Waals surface area contributed by atoms with Crippen LogP contribution in [0.25, 0.3) is 0 Å². The maximum Gasteiger partial charge on any atom is 0.0900 e. The van der Waals surface area contributed by atoms with Crippen LogP contribution in [0.1, 0.15) is 28.5 Å². The smallest absolute Gasteiger partial charge is 0.0900 e. The van der Waals surface area contributed by atoms with Crippen LogP contribution in [0.5, 0.6) is 0 Å². The molecule has 0 aliphatic rings. The van der Waals surface area contributed by atoms with E-state index in [1.54, 1.807) is 11.3 Å². The van der Waals surface area contributed by atoms with Crippen molar-refractivity contribution in [3.63, 3.8) is 0 Å². The molecule has 0 spiro atoms. The van der Waals surface area contributed by atoms with E-state index in [-0.39, 0.29) is 0 Å². The van der Waals surface area contributed by atoms with Crippen molar-refractivity contribution in [3.8, 4) is 0 Å². The molecule has 0 aromatic carbocycles. The fourth-order valence-electron chi connectivity index (χ4n) is 1.57. The number of ether oxygens (including phenoxy) is 1. The molecular weight excluding hydrogens is 222 g/mol. The molecule has 0 bridgehead atoms. The molecule has 3 N–H and O–H groups in total. The third-order valence-corrected chi connectivity index (χ3v) is 3.55. The highest BCUT2D eigenvalue weighted by Crippen LogP contribution is 2.23. The Hall–Kier alpha value is -0.490. The molecule has 0 aliphatic heterocycles. The summed E-state index contributed by atoms with van der Waals surface area (Å²) in [7, 11) is 0. The summed E-state index contributed by atoms with van der Waals surface area (Å²) in [6, 6.07) is 0.340. The lowest BCUT2D eigenvalue weighted by molar-refractivity contribution is 0.141. The highest BCUT2D eigenvalue weighted by molar-refractivity contribution is 7.11. The average molecular weight is 243 g/mol. The lowest BCUT2D eigenvalue weighted by Gasteiger charge is -2.12. The molecule has 1 unspecified atom stereocenters. The molecule has 5 heteroatoms. The van der Waals surface area contributed by atoms with E-state index in [1.807, 2.05) is 6.92 Å². The molecular formula is C11H21N3OS. The first-order chi connectivity index (χ1) is 7.65. The first-order valence-electron chi connectivity index (χ1n) is 5.60. The van der Waals surface area contributed by atoms with Gasteiger partial charge in [0, 0.05) is 24.0 Å². The standard InChI is InChI=1S/C11H21N3OS/c1-8(13-5-7-15-6-4-12)11-9(2)14-10(3)16-11/h8,13H,4-7,12H2,1-3H3. The van der Waals surface area contributed by atoms with Crippen LogP contribution in [0.3, 0.4) is 0 Å². The molecule has 16 heavy (non-hydrogen) atoms. The molecule has 0 saturated heterocycles. The van der Waals surface area contributed by atoms with E-state index < -0.39 is 0 Å². The Morgan fingerprint density at radius 2 is 2.19 bits per heavy atom. The quantitative estimate of drug-likeness (QED) is 0.710. The second-order valence-electron chi connectivity index (χ2n) is 3.76. The minimum atomic E-state index is 0.340. The van der Waals surface area contributed by atoms with Gasteiger partial charge in [0.15, 0.2) is 0 Å². The molecule has 0 radical (unpaired) electrons. The lowest BCUT2D eigenvalue weighted by atomic mass is 10.2. The average Bonchev–Trinajstić information content (AvgIpc) is 2.57. The summed E-state index contributed by atoms with van der Waals surface area (Å²) >= 11 is 1.76. The van der Waals surface area contributed by atoms with Crippen molar-refractivity contribution in [1.29, 1.82) is 0 Å². The summed E-state index contributed by atoms with van der Waals surface area (Å²) in [4.78, 5) is 5.74. The third kappa shape index (κ3) is 4.17. The van der Waals surface area contributed by atoms with Crippen LogP contribution in [0.4, 0.5) is 0 Å². The third-order valence-electron chi connectivity index (χ3n) is 2.29. The SMILES string of the molecule is Cc1nc(C)c(C(C)NCCOCCN)s1. The van der Waals surface area contributed by atoms with Crippen LogP contribution in [-0.4, -0.2) is 31.3 Å². The Morgan fingerprint density at radius 3 is 2.75 bits per heavy atom. The van der Waals surface area contributed by atoms with Gasteiger partial charge in [0.1, 0.15) is 0 Å². The van der Waals surface area contributed by atoms with E-state index in [0.717, 1.165) is 17.2 Å². The number of nitrogens with zero attached hydrogens (tertiary/aromatic N) is 1. The van der Waals surface area contributed by atoms with Crippen LogP contribution in [0, 0.1) is 13.8 Å². The van der Waals surface area contributed by atoms with Gasteiger partial charge in [0.25, 0.3) is 0 Å². The maximum atomic E-state index is 5.33. The predicted octanol–water partition coefficient (Wildman–Crippen LogP) is 1.39. The lowest BCUT2D eigenvalue weighted by Crippen LogP contribution is -2.24. The maximum absolute atomic E-state index is 5.33. The Morgan fingerprint density at radius 1 is 1.44 bits per heavy atom. The Balaban J connectivity index is 2.29. The largest absolute Gasteiger partial charge is 0.379 e. The normalized spacial score (nSPS) is 13.0. The summed E-state index contributed by atoms with van der Waals surface area (Å²) < 4.78 is 5.30. The molecule has 0 fully saturated rings. The van der Waals surface area contributed by atoms with Crippen molar-refractivity contribution < 1.29 is 4.74 Å². The topological polar surface area (TPSA) is 60.2 Å². The number of nitrogens with one attached hydrogen (secondary N) is 1. The van der Waals surface area contributed by atoms with E-state index in [9.17, 15) is 0 Å². The van der Waals surface area contributed by atoms with E-state index in [4.69, 9.17) is 10.5 Å². The first kappa shape index (κ1) is 13.6. The fraction of sp³-hybridized carbons (Fsp3) is 0.727. The van der Waals surface area contributed by atoms with Crippen molar-refractivity contribution in [2.75, 3.05) is 26.3 Å². The van der Waals surface area contributed by atoms with E-state index in [2.05, 4.69) is 24.1 Å². The van der Waals surface area contributed by atoms with Crippen LogP contribution in [-0.2, 0) is 4.74 Å². The van der Waals surface area contributed by atoms with Crippen LogP contribution < -0.4 is 11.1 Å². The van der Waals surface area contributed by atoms with Gasteiger partial charge in [-0.25, -0.2) is 4.98 Å². The zero-order chi connectivity index (χ0) is 12.0. The summed E-state index contributed by atoms with van der Waals surface area (Å²) in [6.45, 7) is 9.02. The van der Waals surface area contributed by atoms with Gasteiger partial charge >= 0.3 is 0 Å². The van der Waals surface area contributed by atoms with Crippen molar-refractivity contribution in [2.24, 2.45) is 5.73 Å². The molecule has 1 heterocycles. The van der Waals surface area contributed by atoms with E-state index in [0.29, 0.717) is 25.8 Å². The number of hydrogen-bond acceptors (Lipinski definition) is 5.